The van der Waals surface area contributed by atoms with Crippen molar-refractivity contribution in [3.05, 3.63) is 12.3 Å². The fraction of sp³-hybridized carbons (Fsp3) is 0.556. The number of rotatable bonds is 4. The topological polar surface area (TPSA) is 103 Å². The molecule has 0 bridgehead atoms. The van der Waals surface area contributed by atoms with Crippen LogP contribution < -0.4 is 0 Å². The smallest absolute Gasteiger partial charge is 0.303 e. The molecule has 17 heavy (non-hydrogen) atoms. The molecule has 1 aromatic heterocycles. The Balaban J connectivity index is 2.08. The van der Waals surface area contributed by atoms with Crippen molar-refractivity contribution >= 4 is 16.0 Å². The fourth-order valence-electron chi connectivity index (χ4n) is 1.95. The van der Waals surface area contributed by atoms with E-state index < -0.39 is 16.0 Å². The van der Waals surface area contributed by atoms with Gasteiger partial charge in [0, 0.05) is 19.5 Å². The maximum atomic E-state index is 12.0. The molecule has 0 amide bonds. The number of nitrogens with one attached hydrogen (secondary N) is 1. The Morgan fingerprint density at radius 2 is 2.41 bits per heavy atom. The molecule has 0 aromatic carbocycles. The van der Waals surface area contributed by atoms with Gasteiger partial charge in [-0.05, 0) is 18.4 Å². The molecule has 2 N–H and O–H groups in total. The molecule has 1 atom stereocenters. The van der Waals surface area contributed by atoms with Crippen LogP contribution in [0.1, 0.15) is 12.8 Å². The van der Waals surface area contributed by atoms with E-state index >= 15 is 0 Å². The van der Waals surface area contributed by atoms with Crippen molar-refractivity contribution in [2.45, 2.75) is 17.9 Å². The molecule has 1 fully saturated rings. The van der Waals surface area contributed by atoms with Crippen LogP contribution in [0.4, 0.5) is 0 Å². The Morgan fingerprint density at radius 1 is 1.65 bits per heavy atom. The zero-order chi connectivity index (χ0) is 12.5. The lowest BCUT2D eigenvalue weighted by molar-refractivity contribution is -0.137. The summed E-state index contributed by atoms with van der Waals surface area (Å²) in [6.07, 6.45) is 1.96. The van der Waals surface area contributed by atoms with Crippen LogP contribution in [0.3, 0.4) is 0 Å². The van der Waals surface area contributed by atoms with Crippen molar-refractivity contribution in [3.63, 3.8) is 0 Å². The van der Waals surface area contributed by atoms with Gasteiger partial charge in [-0.1, -0.05) is 0 Å². The molecule has 0 saturated carbocycles. The average Bonchev–Trinajstić information content (AvgIpc) is 2.85. The van der Waals surface area contributed by atoms with Crippen LogP contribution in [-0.2, 0) is 14.8 Å². The summed E-state index contributed by atoms with van der Waals surface area (Å²) in [5, 5.41) is 14.7. The fourth-order valence-corrected chi connectivity index (χ4v) is 3.39. The lowest BCUT2D eigenvalue weighted by Gasteiger charge is -2.14. The van der Waals surface area contributed by atoms with Crippen LogP contribution in [0.15, 0.2) is 17.3 Å². The van der Waals surface area contributed by atoms with Crippen molar-refractivity contribution in [1.82, 2.24) is 14.5 Å². The number of aromatic nitrogens is 2. The molecule has 1 aliphatic rings. The predicted molar refractivity (Wildman–Crippen MR) is 57.7 cm³/mol. The highest BCUT2D eigenvalue weighted by atomic mass is 32.2. The predicted octanol–water partition coefficient (Wildman–Crippen LogP) is -0.105. The van der Waals surface area contributed by atoms with E-state index in [4.69, 9.17) is 5.11 Å². The minimum Gasteiger partial charge on any atom is -0.481 e. The number of aliphatic carboxylic acids is 1. The first-order chi connectivity index (χ1) is 8.00. The lowest BCUT2D eigenvalue weighted by Crippen LogP contribution is -2.29. The molecule has 0 radical (unpaired) electrons. The summed E-state index contributed by atoms with van der Waals surface area (Å²) in [6.45, 7) is 0.618. The van der Waals surface area contributed by atoms with Crippen LogP contribution in [0, 0.1) is 5.92 Å². The molecule has 2 rings (SSSR count). The summed E-state index contributed by atoms with van der Waals surface area (Å²) in [7, 11) is -3.54. The maximum absolute atomic E-state index is 12.0. The number of hydrogen-bond donors (Lipinski definition) is 2. The number of carboxylic acid groups (broad SMARTS) is 1. The Hall–Kier alpha value is -1.41. The summed E-state index contributed by atoms with van der Waals surface area (Å²) >= 11 is 0. The lowest BCUT2D eigenvalue weighted by atomic mass is 10.1. The second-order valence-electron chi connectivity index (χ2n) is 4.04. The second-order valence-corrected chi connectivity index (χ2v) is 5.94. The van der Waals surface area contributed by atoms with Gasteiger partial charge in [0.2, 0.25) is 0 Å². The number of carboxylic acids is 1. The monoisotopic (exact) mass is 259 g/mol. The number of H-pyrrole nitrogens is 1. The minimum absolute atomic E-state index is 0.00892. The molecule has 7 nitrogen and oxygen atoms in total. The van der Waals surface area contributed by atoms with Crippen LogP contribution in [0.25, 0.3) is 0 Å². The molecule has 1 unspecified atom stereocenters. The molecular weight excluding hydrogens is 246 g/mol. The zero-order valence-corrected chi connectivity index (χ0v) is 9.85. The van der Waals surface area contributed by atoms with E-state index in [0.717, 1.165) is 0 Å². The Kier molecular flexibility index (Phi) is 3.16. The molecule has 0 aliphatic carbocycles. The van der Waals surface area contributed by atoms with E-state index in [2.05, 4.69) is 10.2 Å². The quantitative estimate of drug-likeness (QED) is 0.785. The van der Waals surface area contributed by atoms with Crippen molar-refractivity contribution in [2.75, 3.05) is 13.1 Å². The molecule has 0 spiro atoms. The van der Waals surface area contributed by atoms with Gasteiger partial charge < -0.3 is 5.11 Å². The Morgan fingerprint density at radius 3 is 3.00 bits per heavy atom. The highest BCUT2D eigenvalue weighted by Gasteiger charge is 2.33. The molecule has 94 valence electrons. The number of sulfonamides is 1. The van der Waals surface area contributed by atoms with Gasteiger partial charge in [0.1, 0.15) is 0 Å². The Labute approximate surface area is 98.5 Å². The van der Waals surface area contributed by atoms with Crippen molar-refractivity contribution < 1.29 is 18.3 Å². The van der Waals surface area contributed by atoms with Crippen LogP contribution in [0.2, 0.25) is 0 Å². The largest absolute Gasteiger partial charge is 0.481 e. The average molecular weight is 259 g/mol. The minimum atomic E-state index is -3.54. The number of nitrogens with zero attached hydrogens (tertiary/aromatic N) is 2. The van der Waals surface area contributed by atoms with Crippen molar-refractivity contribution in [1.29, 1.82) is 0 Å². The van der Waals surface area contributed by atoms with Gasteiger partial charge in [0.25, 0.3) is 10.0 Å². The number of hydrogen-bond acceptors (Lipinski definition) is 4. The van der Waals surface area contributed by atoms with Gasteiger partial charge in [-0.25, -0.2) is 8.42 Å². The van der Waals surface area contributed by atoms with Gasteiger partial charge in [-0.2, -0.15) is 9.40 Å². The molecule has 8 heteroatoms. The molecular formula is C9H13N3O4S. The zero-order valence-electron chi connectivity index (χ0n) is 9.04. The highest BCUT2D eigenvalue weighted by Crippen LogP contribution is 2.24. The van der Waals surface area contributed by atoms with E-state index in [1.54, 1.807) is 0 Å². The van der Waals surface area contributed by atoms with Gasteiger partial charge in [-0.15, -0.1) is 0 Å². The summed E-state index contributed by atoms with van der Waals surface area (Å²) in [5.74, 6) is -0.999. The summed E-state index contributed by atoms with van der Waals surface area (Å²) in [5.41, 5.74) is 0. The standard InChI is InChI=1S/C9H13N3O4S/c13-9(14)5-7-2-4-12(6-7)17(15,16)8-1-3-10-11-8/h1,3,7H,2,4-6H2,(H,10,11)(H,13,14). The SMILES string of the molecule is O=C(O)CC1CCN(S(=O)(=O)c2ccn[nH]2)C1. The van der Waals surface area contributed by atoms with E-state index in [1.165, 1.54) is 16.6 Å². The third kappa shape index (κ3) is 2.47. The molecule has 1 aromatic rings. The van der Waals surface area contributed by atoms with E-state index in [9.17, 15) is 13.2 Å². The van der Waals surface area contributed by atoms with Crippen LogP contribution in [-0.4, -0.2) is 47.1 Å². The summed E-state index contributed by atoms with van der Waals surface area (Å²) in [4.78, 5) is 10.6. The van der Waals surface area contributed by atoms with Crippen molar-refractivity contribution in [3.8, 4) is 0 Å². The summed E-state index contributed by atoms with van der Waals surface area (Å²) < 4.78 is 25.4. The van der Waals surface area contributed by atoms with Gasteiger partial charge in [0.15, 0.2) is 5.03 Å². The molecule has 1 aliphatic heterocycles. The first-order valence-corrected chi connectivity index (χ1v) is 6.65. The third-order valence-electron chi connectivity index (χ3n) is 2.80. The highest BCUT2D eigenvalue weighted by molar-refractivity contribution is 7.89. The number of carbonyl (C=O) groups is 1. The van der Waals surface area contributed by atoms with Gasteiger partial charge >= 0.3 is 5.97 Å². The van der Waals surface area contributed by atoms with Crippen molar-refractivity contribution in [2.24, 2.45) is 5.92 Å². The van der Waals surface area contributed by atoms with Crippen LogP contribution in [0.5, 0.6) is 0 Å². The van der Waals surface area contributed by atoms with Gasteiger partial charge in [0.05, 0.1) is 6.20 Å². The van der Waals surface area contributed by atoms with E-state index in [1.807, 2.05) is 0 Å². The number of aromatic amines is 1. The second kappa shape index (κ2) is 4.46. The maximum Gasteiger partial charge on any atom is 0.303 e. The van der Waals surface area contributed by atoms with Gasteiger partial charge in [-0.3, -0.25) is 9.89 Å². The van der Waals surface area contributed by atoms with E-state index in [0.29, 0.717) is 13.0 Å². The molecule has 1 saturated heterocycles. The third-order valence-corrected chi connectivity index (χ3v) is 4.60. The first kappa shape index (κ1) is 12.1. The summed E-state index contributed by atoms with van der Waals surface area (Å²) in [6, 6.07) is 1.39. The first-order valence-electron chi connectivity index (χ1n) is 5.21. The Bertz CT molecular complexity index is 496. The molecule has 2 heterocycles. The normalized spacial score (nSPS) is 21.8. The van der Waals surface area contributed by atoms with E-state index in [-0.39, 0.29) is 23.9 Å². The van der Waals surface area contributed by atoms with Crippen LogP contribution >= 0.6 is 0 Å².